The van der Waals surface area contributed by atoms with Gasteiger partial charge in [-0.3, -0.25) is 4.79 Å². The molecule has 8 atom stereocenters. The van der Waals surface area contributed by atoms with E-state index in [4.69, 9.17) is 0 Å². The van der Waals surface area contributed by atoms with Gasteiger partial charge in [0, 0.05) is 6.42 Å². The van der Waals surface area contributed by atoms with Gasteiger partial charge in [0.2, 0.25) is 0 Å². The van der Waals surface area contributed by atoms with Gasteiger partial charge in [0.25, 0.3) is 0 Å². The van der Waals surface area contributed by atoms with Crippen molar-refractivity contribution in [3.8, 4) is 0 Å². The first kappa shape index (κ1) is 17.8. The van der Waals surface area contributed by atoms with Crippen molar-refractivity contribution < 1.29 is 9.90 Å². The van der Waals surface area contributed by atoms with Crippen LogP contribution in [0, 0.1) is 40.9 Å². The molecule has 0 aromatic heterocycles. The summed E-state index contributed by atoms with van der Waals surface area (Å²) >= 11 is 0. The zero-order valence-corrected chi connectivity index (χ0v) is 16.3. The number of allylic oxidation sites excluding steroid dienone is 1. The van der Waals surface area contributed by atoms with Crippen LogP contribution in [-0.2, 0) is 4.79 Å². The zero-order valence-electron chi connectivity index (χ0n) is 16.3. The topological polar surface area (TPSA) is 37.3 Å². The number of aliphatic hydroxyl groups excluding tert-OH is 1. The van der Waals surface area contributed by atoms with Crippen LogP contribution in [0.1, 0.15) is 78.6 Å². The summed E-state index contributed by atoms with van der Waals surface area (Å²) in [4.78, 5) is 11.9. The van der Waals surface area contributed by atoms with Crippen LogP contribution < -0.4 is 0 Å². The van der Waals surface area contributed by atoms with E-state index in [1.807, 2.05) is 6.08 Å². The molecule has 0 aromatic carbocycles. The van der Waals surface area contributed by atoms with Gasteiger partial charge in [-0.05, 0) is 91.9 Å². The van der Waals surface area contributed by atoms with Crippen LogP contribution in [0.2, 0.25) is 0 Å². The fraction of sp³-hybridized carbons (Fsp3) is 0.870. The van der Waals surface area contributed by atoms with E-state index in [1.165, 1.54) is 31.3 Å². The van der Waals surface area contributed by atoms with Crippen LogP contribution in [0.5, 0.6) is 0 Å². The number of hydrogen-bond donors (Lipinski definition) is 1. The predicted molar refractivity (Wildman–Crippen MR) is 101 cm³/mol. The minimum Gasteiger partial charge on any atom is -0.393 e. The van der Waals surface area contributed by atoms with Gasteiger partial charge >= 0.3 is 0 Å². The summed E-state index contributed by atoms with van der Waals surface area (Å²) in [5.74, 6) is 4.65. The molecule has 3 saturated carbocycles. The first-order valence-corrected chi connectivity index (χ1v) is 10.9. The maximum Gasteiger partial charge on any atom is 0.155 e. The zero-order chi connectivity index (χ0) is 17.8. The van der Waals surface area contributed by atoms with Crippen molar-refractivity contribution in [3.05, 3.63) is 11.6 Å². The summed E-state index contributed by atoms with van der Waals surface area (Å²) in [5.41, 5.74) is 1.82. The maximum atomic E-state index is 11.9. The van der Waals surface area contributed by atoms with Crippen LogP contribution >= 0.6 is 0 Å². The third kappa shape index (κ3) is 2.74. The van der Waals surface area contributed by atoms with Crippen LogP contribution in [0.4, 0.5) is 0 Å². The fourth-order valence-electron chi connectivity index (χ4n) is 7.76. The molecular formula is C23H36O2. The largest absolute Gasteiger partial charge is 0.393 e. The van der Waals surface area contributed by atoms with Crippen molar-refractivity contribution >= 4 is 5.78 Å². The second kappa shape index (κ2) is 6.51. The molecular weight excluding hydrogens is 308 g/mol. The molecule has 0 aromatic rings. The minimum atomic E-state index is -0.0989. The van der Waals surface area contributed by atoms with E-state index in [1.54, 1.807) is 0 Å². The van der Waals surface area contributed by atoms with E-state index in [0.717, 1.165) is 49.9 Å². The predicted octanol–water partition coefficient (Wildman–Crippen LogP) is 5.15. The van der Waals surface area contributed by atoms with Gasteiger partial charge in [-0.15, -0.1) is 0 Å². The van der Waals surface area contributed by atoms with E-state index in [0.29, 0.717) is 29.0 Å². The Labute approximate surface area is 153 Å². The maximum absolute atomic E-state index is 11.9. The van der Waals surface area contributed by atoms with Crippen molar-refractivity contribution in [2.24, 2.45) is 40.9 Å². The Morgan fingerprint density at radius 1 is 1.28 bits per heavy atom. The van der Waals surface area contributed by atoms with E-state index in [-0.39, 0.29) is 6.10 Å². The van der Waals surface area contributed by atoms with Gasteiger partial charge in [0.1, 0.15) is 0 Å². The summed E-state index contributed by atoms with van der Waals surface area (Å²) < 4.78 is 0. The highest BCUT2D eigenvalue weighted by molar-refractivity contribution is 5.91. The molecule has 0 unspecified atom stereocenters. The molecule has 2 heteroatoms. The van der Waals surface area contributed by atoms with Crippen molar-refractivity contribution in [1.82, 2.24) is 0 Å². The number of carbonyl (C=O) groups excluding carboxylic acids is 1. The average molecular weight is 345 g/mol. The normalized spacial score (nSPS) is 47.5. The number of carbonyl (C=O) groups is 1. The van der Waals surface area contributed by atoms with Crippen LogP contribution in [-0.4, -0.2) is 17.0 Å². The lowest BCUT2D eigenvalue weighted by Gasteiger charge is -2.56. The van der Waals surface area contributed by atoms with Crippen LogP contribution in [0.15, 0.2) is 11.6 Å². The Morgan fingerprint density at radius 3 is 2.84 bits per heavy atom. The van der Waals surface area contributed by atoms with E-state index in [2.05, 4.69) is 20.8 Å². The Morgan fingerprint density at radius 2 is 2.08 bits per heavy atom. The summed E-state index contributed by atoms with van der Waals surface area (Å²) in [6.45, 7) is 7.14. The highest BCUT2D eigenvalue weighted by atomic mass is 16.3. The molecule has 140 valence electrons. The molecule has 4 aliphatic rings. The summed E-state index contributed by atoms with van der Waals surface area (Å²) in [5, 5.41) is 10.8. The molecule has 0 saturated heterocycles. The number of aliphatic hydroxyl groups is 1. The Balaban J connectivity index is 1.60. The van der Waals surface area contributed by atoms with Gasteiger partial charge < -0.3 is 5.11 Å². The molecule has 1 N–H and O–H groups in total. The molecule has 0 amide bonds. The van der Waals surface area contributed by atoms with Gasteiger partial charge in [-0.25, -0.2) is 0 Å². The second-order valence-electron chi connectivity index (χ2n) is 9.94. The molecule has 0 spiro atoms. The van der Waals surface area contributed by atoms with Crippen molar-refractivity contribution in [1.29, 1.82) is 0 Å². The summed E-state index contributed by atoms with van der Waals surface area (Å²) in [6, 6.07) is 0. The van der Waals surface area contributed by atoms with Gasteiger partial charge in [-0.2, -0.15) is 0 Å². The third-order valence-corrected chi connectivity index (χ3v) is 8.76. The molecule has 0 radical (unpaired) electrons. The highest BCUT2D eigenvalue weighted by Crippen LogP contribution is 2.65. The lowest BCUT2D eigenvalue weighted by atomic mass is 9.48. The van der Waals surface area contributed by atoms with Crippen molar-refractivity contribution in [3.63, 3.8) is 0 Å². The Hall–Kier alpha value is -0.630. The lowest BCUT2D eigenvalue weighted by molar-refractivity contribution is -0.116. The van der Waals surface area contributed by atoms with E-state index in [9.17, 15) is 9.90 Å². The van der Waals surface area contributed by atoms with E-state index < -0.39 is 0 Å². The van der Waals surface area contributed by atoms with Crippen LogP contribution in [0.25, 0.3) is 0 Å². The number of rotatable bonds is 3. The summed E-state index contributed by atoms with van der Waals surface area (Å²) in [7, 11) is 0. The first-order chi connectivity index (χ1) is 12.0. The second-order valence-corrected chi connectivity index (χ2v) is 9.94. The molecule has 0 heterocycles. The van der Waals surface area contributed by atoms with Gasteiger partial charge in [-0.1, -0.05) is 32.8 Å². The number of hydrogen-bond acceptors (Lipinski definition) is 2. The molecule has 0 aliphatic heterocycles. The number of fused-ring (bicyclic) bond motifs is 5. The first-order valence-electron chi connectivity index (χ1n) is 10.9. The highest BCUT2D eigenvalue weighted by Gasteiger charge is 2.58. The average Bonchev–Trinajstić information content (AvgIpc) is 2.91. The minimum absolute atomic E-state index is 0.0989. The van der Waals surface area contributed by atoms with Crippen molar-refractivity contribution in [2.45, 2.75) is 84.7 Å². The number of ketones is 1. The molecule has 4 rings (SSSR count). The smallest absolute Gasteiger partial charge is 0.155 e. The summed E-state index contributed by atoms with van der Waals surface area (Å²) in [6.07, 6.45) is 12.1. The Kier molecular flexibility index (Phi) is 4.63. The molecule has 0 bridgehead atoms. The molecule has 25 heavy (non-hydrogen) atoms. The standard InChI is InChI=1S/C23H36O2/c1-4-5-21(25)19-8-9-20-22-14(2)12-15-13-16(24)6-7-17(15)18(22)10-11-23(19,20)3/h13-14,17-22,25H,4-12H2,1-3H3/t14-,17+,18-,19-,20-,21+,22-,23-/m1/s1. The Bertz CT molecular complexity index is 564. The van der Waals surface area contributed by atoms with Crippen molar-refractivity contribution in [2.75, 3.05) is 0 Å². The fourth-order valence-corrected chi connectivity index (χ4v) is 7.76. The molecule has 3 fully saturated rings. The third-order valence-electron chi connectivity index (χ3n) is 8.76. The van der Waals surface area contributed by atoms with Gasteiger partial charge in [0.05, 0.1) is 6.10 Å². The van der Waals surface area contributed by atoms with Gasteiger partial charge in [0.15, 0.2) is 5.78 Å². The van der Waals surface area contributed by atoms with Crippen LogP contribution in [0.3, 0.4) is 0 Å². The van der Waals surface area contributed by atoms with E-state index >= 15 is 0 Å². The SMILES string of the molecule is CCC[C@H](O)[C@H]1CC[C@@H]2[C@H]3[C@H](CC[C@@]21C)[C@H]1CCC(=O)C=C1C[C@H]3C. The molecule has 2 nitrogen and oxygen atoms in total. The molecule has 4 aliphatic carbocycles. The lowest BCUT2D eigenvalue weighted by Crippen LogP contribution is -2.50. The quantitative estimate of drug-likeness (QED) is 0.768. The monoisotopic (exact) mass is 344 g/mol.